The van der Waals surface area contributed by atoms with Crippen LogP contribution in [0.1, 0.15) is 31.2 Å². The second-order valence-electron chi connectivity index (χ2n) is 4.65. The highest BCUT2D eigenvalue weighted by molar-refractivity contribution is 7.71. The lowest BCUT2D eigenvalue weighted by Crippen LogP contribution is -2.13. The van der Waals surface area contributed by atoms with Crippen LogP contribution in [-0.2, 0) is 9.47 Å². The fourth-order valence-electron chi connectivity index (χ4n) is 1.95. The zero-order chi connectivity index (χ0) is 18.7. The van der Waals surface area contributed by atoms with Crippen molar-refractivity contribution in [3.8, 4) is 5.88 Å². The van der Waals surface area contributed by atoms with E-state index >= 15 is 0 Å². The number of aromatic nitrogens is 2. The van der Waals surface area contributed by atoms with E-state index in [4.69, 9.17) is 17.0 Å². The number of H-pyrrole nitrogens is 2. The van der Waals surface area contributed by atoms with E-state index in [1.807, 2.05) is 0 Å². The van der Waals surface area contributed by atoms with Crippen molar-refractivity contribution in [1.29, 1.82) is 0 Å². The smallest absolute Gasteiger partial charge is 0.348 e. The van der Waals surface area contributed by atoms with Gasteiger partial charge in [-0.1, -0.05) is 0 Å². The minimum Gasteiger partial charge on any atom is -0.494 e. The minimum absolute atomic E-state index is 0.0464. The number of nitrogens with zero attached hydrogens (tertiary/aromatic N) is 1. The first kappa shape index (κ1) is 18.5. The first-order valence-electron chi connectivity index (χ1n) is 6.69. The third-order valence-corrected chi connectivity index (χ3v) is 4.54. The highest BCUT2D eigenvalue weighted by atomic mass is 32.1. The second-order valence-corrected chi connectivity index (χ2v) is 6.06. The van der Waals surface area contributed by atoms with Crippen molar-refractivity contribution in [3.05, 3.63) is 36.7 Å². The van der Waals surface area contributed by atoms with E-state index in [1.165, 1.54) is 14.2 Å². The maximum Gasteiger partial charge on any atom is 0.348 e. The van der Waals surface area contributed by atoms with Gasteiger partial charge in [0.2, 0.25) is 5.88 Å². The van der Waals surface area contributed by atoms with E-state index in [0.717, 1.165) is 17.6 Å². The van der Waals surface area contributed by atoms with E-state index in [2.05, 4.69) is 19.7 Å². The molecule has 0 aliphatic carbocycles. The number of ether oxygens (including phenoxy) is 2. The Morgan fingerprint density at radius 2 is 1.88 bits per heavy atom. The minimum atomic E-state index is -0.693. The number of rotatable bonds is 4. The van der Waals surface area contributed by atoms with Gasteiger partial charge in [0, 0.05) is 6.21 Å². The molecule has 0 aromatic carbocycles. The first-order chi connectivity index (χ1) is 11.8. The molecule has 2 heterocycles. The Morgan fingerprint density at radius 3 is 2.44 bits per heavy atom. The number of aliphatic imine (C=N–C) groups is 1. The molecule has 11 heteroatoms. The van der Waals surface area contributed by atoms with Crippen LogP contribution in [-0.4, -0.2) is 47.4 Å². The van der Waals surface area contributed by atoms with Gasteiger partial charge in [0.1, 0.15) is 21.0 Å². The Bertz CT molecular complexity index is 985. The number of esters is 2. The lowest BCUT2D eigenvalue weighted by atomic mass is 10.1. The maximum atomic E-state index is 12.0. The summed E-state index contributed by atoms with van der Waals surface area (Å²) in [6.07, 6.45) is 1.05. The van der Waals surface area contributed by atoms with Crippen LogP contribution in [0.25, 0.3) is 0 Å². The molecule has 0 bridgehead atoms. The molecule has 0 spiro atoms. The highest BCUT2D eigenvalue weighted by Gasteiger charge is 2.25. The number of aromatic hydroxyl groups is 1. The topological polar surface area (TPSA) is 134 Å². The largest absolute Gasteiger partial charge is 0.494 e. The Kier molecular flexibility index (Phi) is 5.49. The summed E-state index contributed by atoms with van der Waals surface area (Å²) in [6.45, 7) is 1.55. The molecule has 0 aliphatic rings. The molecule has 0 aliphatic heterocycles. The van der Waals surface area contributed by atoms with E-state index in [-0.39, 0.29) is 25.8 Å². The molecule has 0 fully saturated rings. The summed E-state index contributed by atoms with van der Waals surface area (Å²) in [5, 5.41) is 9.90. The third kappa shape index (κ3) is 3.67. The number of thiophene rings is 1. The van der Waals surface area contributed by atoms with Crippen molar-refractivity contribution in [2.45, 2.75) is 6.92 Å². The molecule has 0 unspecified atom stereocenters. The van der Waals surface area contributed by atoms with Gasteiger partial charge in [0.15, 0.2) is 4.77 Å². The number of hydrogen-bond acceptors (Lipinski definition) is 9. The lowest BCUT2D eigenvalue weighted by molar-refractivity contribution is 0.0601. The third-order valence-electron chi connectivity index (χ3n) is 3.16. The molecule has 25 heavy (non-hydrogen) atoms. The molecular formula is C14H13N3O6S2. The van der Waals surface area contributed by atoms with Gasteiger partial charge in [-0.2, -0.15) is 0 Å². The predicted molar refractivity (Wildman–Crippen MR) is 92.9 cm³/mol. The summed E-state index contributed by atoms with van der Waals surface area (Å²) in [7, 11) is 2.41. The molecule has 9 nitrogen and oxygen atoms in total. The molecule has 0 amide bonds. The fraction of sp³-hybridized carbons (Fsp3) is 0.214. The van der Waals surface area contributed by atoms with Gasteiger partial charge in [0.05, 0.1) is 14.2 Å². The lowest BCUT2D eigenvalue weighted by Gasteiger charge is -2.00. The summed E-state index contributed by atoms with van der Waals surface area (Å²) in [4.78, 5) is 44.5. The number of methoxy groups -OCH3 is 2. The van der Waals surface area contributed by atoms with Crippen molar-refractivity contribution < 1.29 is 24.2 Å². The molecule has 2 aromatic heterocycles. The zero-order valence-corrected chi connectivity index (χ0v) is 15.0. The molecule has 0 radical (unpaired) electrons. The summed E-state index contributed by atoms with van der Waals surface area (Å²) in [5.74, 6) is -1.79. The van der Waals surface area contributed by atoms with Crippen molar-refractivity contribution >= 4 is 46.7 Å². The van der Waals surface area contributed by atoms with Gasteiger partial charge in [-0.05, 0) is 24.7 Å². The van der Waals surface area contributed by atoms with Crippen molar-refractivity contribution in [2.24, 2.45) is 4.99 Å². The van der Waals surface area contributed by atoms with Crippen LogP contribution in [0.3, 0.4) is 0 Å². The average molecular weight is 383 g/mol. The molecule has 2 rings (SSSR count). The fourth-order valence-corrected chi connectivity index (χ4v) is 3.19. The summed E-state index contributed by atoms with van der Waals surface area (Å²) in [5.41, 5.74) is -0.424. The van der Waals surface area contributed by atoms with E-state index in [0.29, 0.717) is 5.56 Å². The normalized spacial score (nSPS) is 10.8. The molecule has 2 aromatic rings. The second kappa shape index (κ2) is 7.40. The summed E-state index contributed by atoms with van der Waals surface area (Å²) in [6, 6.07) is 0. The van der Waals surface area contributed by atoms with Crippen LogP contribution in [0.4, 0.5) is 5.00 Å². The van der Waals surface area contributed by atoms with Gasteiger partial charge in [-0.3, -0.25) is 9.78 Å². The van der Waals surface area contributed by atoms with Gasteiger partial charge in [0.25, 0.3) is 5.56 Å². The van der Waals surface area contributed by atoms with Gasteiger partial charge in [-0.15, -0.1) is 11.3 Å². The number of aromatic amines is 2. The molecule has 132 valence electrons. The van der Waals surface area contributed by atoms with E-state index in [1.54, 1.807) is 6.92 Å². The maximum absolute atomic E-state index is 12.0. The molecule has 0 saturated heterocycles. The SMILES string of the molecule is COC(=O)c1sc(/N=C/c2c(O)[nH]c(=S)[nH]c2=O)c(C(=O)OC)c1C. The van der Waals surface area contributed by atoms with Crippen molar-refractivity contribution in [1.82, 2.24) is 9.97 Å². The van der Waals surface area contributed by atoms with E-state index in [9.17, 15) is 19.5 Å². The Hall–Kier alpha value is -2.79. The number of carbonyl (C=O) groups excluding carboxylic acids is 2. The number of nitrogens with one attached hydrogen (secondary N) is 2. The highest BCUT2D eigenvalue weighted by Crippen LogP contribution is 2.36. The van der Waals surface area contributed by atoms with Crippen LogP contribution >= 0.6 is 23.6 Å². The van der Waals surface area contributed by atoms with Crippen molar-refractivity contribution in [2.75, 3.05) is 14.2 Å². The van der Waals surface area contributed by atoms with Crippen LogP contribution in [0.5, 0.6) is 5.88 Å². The first-order valence-corrected chi connectivity index (χ1v) is 7.92. The summed E-state index contributed by atoms with van der Waals surface area (Å²) < 4.78 is 9.33. The standard InChI is InChI=1S/C14H13N3O6S2/c1-5-7(12(20)22-2)11(25-8(5)13(21)23-3)15-4-6-9(18)16-14(24)17-10(6)19/h4H,1-3H3,(H3,16,17,18,19,24)/b15-4+. The van der Waals surface area contributed by atoms with Gasteiger partial charge < -0.3 is 19.6 Å². The van der Waals surface area contributed by atoms with E-state index < -0.39 is 23.4 Å². The molecule has 0 saturated carbocycles. The Morgan fingerprint density at radius 1 is 1.24 bits per heavy atom. The van der Waals surface area contributed by atoms with Crippen LogP contribution < -0.4 is 5.56 Å². The predicted octanol–water partition coefficient (Wildman–Crippen LogP) is 1.83. The Labute approximate surface area is 150 Å². The van der Waals surface area contributed by atoms with Crippen LogP contribution in [0, 0.1) is 11.7 Å². The monoisotopic (exact) mass is 383 g/mol. The quantitative estimate of drug-likeness (QED) is 0.416. The van der Waals surface area contributed by atoms with Gasteiger partial charge in [-0.25, -0.2) is 14.6 Å². The molecular weight excluding hydrogens is 370 g/mol. The average Bonchev–Trinajstić information content (AvgIpc) is 2.89. The molecule has 3 N–H and O–H groups in total. The zero-order valence-electron chi connectivity index (χ0n) is 13.3. The van der Waals surface area contributed by atoms with Crippen LogP contribution in [0.15, 0.2) is 9.79 Å². The van der Waals surface area contributed by atoms with Crippen molar-refractivity contribution in [3.63, 3.8) is 0 Å². The molecule has 0 atom stereocenters. The number of hydrogen-bond donors (Lipinski definition) is 3. The Balaban J connectivity index is 2.59. The number of carbonyl (C=O) groups is 2. The van der Waals surface area contributed by atoms with Gasteiger partial charge >= 0.3 is 11.9 Å². The van der Waals surface area contributed by atoms with Crippen LogP contribution in [0.2, 0.25) is 0 Å². The summed E-state index contributed by atoms with van der Waals surface area (Å²) >= 11 is 5.63.